The van der Waals surface area contributed by atoms with Crippen LogP contribution in [0.5, 0.6) is 0 Å². The molecule has 0 saturated carbocycles. The van der Waals surface area contributed by atoms with E-state index in [1.54, 1.807) is 87.7 Å². The van der Waals surface area contributed by atoms with Gasteiger partial charge in [-0.1, -0.05) is 29.8 Å². The summed E-state index contributed by atoms with van der Waals surface area (Å²) in [6, 6.07) is 17.4. The number of hydrogen-bond donors (Lipinski definition) is 0. The molecule has 14 heteroatoms. The number of carbonyl (C=O) groups excluding carboxylic acids is 4. The Balaban J connectivity index is 1.48. The van der Waals surface area contributed by atoms with Crippen LogP contribution in [0.25, 0.3) is 0 Å². The van der Waals surface area contributed by atoms with Gasteiger partial charge in [-0.3, -0.25) is 9.59 Å². The van der Waals surface area contributed by atoms with E-state index in [0.29, 0.717) is 40.5 Å². The van der Waals surface area contributed by atoms with Gasteiger partial charge in [0, 0.05) is 22.8 Å². The van der Waals surface area contributed by atoms with Crippen molar-refractivity contribution in [2.24, 2.45) is 0 Å². The minimum absolute atomic E-state index is 0.00237. The third-order valence-corrected chi connectivity index (χ3v) is 8.45. The summed E-state index contributed by atoms with van der Waals surface area (Å²) in [5.74, 6) is -5.50. The fourth-order valence-corrected chi connectivity index (χ4v) is 5.90. The first-order valence-electron chi connectivity index (χ1n) is 14.7. The van der Waals surface area contributed by atoms with Crippen molar-refractivity contribution in [2.75, 3.05) is 45.2 Å². The van der Waals surface area contributed by atoms with Gasteiger partial charge in [-0.05, 0) is 73.6 Å². The fraction of sp³-hybridized carbons (Fsp3) is 0.333. The number of nitrogens with zero attached hydrogens (tertiary/aromatic N) is 4. The van der Waals surface area contributed by atoms with E-state index in [4.69, 9.17) is 21.1 Å². The minimum atomic E-state index is -5.19. The monoisotopic (exact) mass is 672 g/mol. The average Bonchev–Trinajstić information content (AvgIpc) is 3.24. The van der Waals surface area contributed by atoms with Gasteiger partial charge in [0.1, 0.15) is 20.1 Å². The molecule has 2 aliphatic heterocycles. The molecule has 1 fully saturated rings. The molecule has 2 heterocycles. The van der Waals surface area contributed by atoms with Crippen LogP contribution in [0.3, 0.4) is 0 Å². The molecular weight excluding hydrogens is 641 g/mol. The normalized spacial score (nSPS) is 18.9. The number of hydrogen-bond acceptors (Lipinski definition) is 8. The maximum Gasteiger partial charge on any atom is 0.491 e. The summed E-state index contributed by atoms with van der Waals surface area (Å²) < 4.78 is 50.1. The van der Waals surface area contributed by atoms with Crippen molar-refractivity contribution >= 4 is 41.0 Å². The molecule has 0 spiro atoms. The highest BCUT2D eigenvalue weighted by atomic mass is 35.5. The van der Waals surface area contributed by atoms with Gasteiger partial charge in [-0.2, -0.15) is 13.2 Å². The molecule has 2 amide bonds. The maximum absolute atomic E-state index is 13.8. The van der Waals surface area contributed by atoms with Gasteiger partial charge in [0.15, 0.2) is 0 Å². The molecule has 0 aromatic heterocycles. The van der Waals surface area contributed by atoms with Crippen LogP contribution in [0.2, 0.25) is 5.02 Å². The van der Waals surface area contributed by atoms with Crippen LogP contribution in [0, 0.1) is 0 Å². The lowest BCUT2D eigenvalue weighted by Gasteiger charge is -2.32. The number of carbonyl (C=O) groups is 4. The van der Waals surface area contributed by atoms with Crippen LogP contribution in [0.4, 0.5) is 18.9 Å². The lowest BCUT2D eigenvalue weighted by atomic mass is 10.0. The smallest absolute Gasteiger partial charge is 0.462 e. The highest BCUT2D eigenvalue weighted by Crippen LogP contribution is 2.37. The summed E-state index contributed by atoms with van der Waals surface area (Å²) in [5.41, 5.74) is 2.45. The fourth-order valence-electron chi connectivity index (χ4n) is 5.77. The number of esters is 2. The number of amides is 2. The largest absolute Gasteiger partial charge is 0.491 e. The number of anilines is 1. The van der Waals surface area contributed by atoms with Crippen LogP contribution in [0.15, 0.2) is 66.7 Å². The van der Waals surface area contributed by atoms with Crippen molar-refractivity contribution in [3.05, 3.63) is 99.6 Å². The maximum atomic E-state index is 13.8. The predicted octanol–water partition coefficient (Wildman–Crippen LogP) is 4.64. The van der Waals surface area contributed by atoms with Crippen LogP contribution in [0.1, 0.15) is 44.3 Å². The molecule has 1 saturated heterocycles. The zero-order valence-corrected chi connectivity index (χ0v) is 26.6. The van der Waals surface area contributed by atoms with Gasteiger partial charge in [-0.15, -0.1) is 4.90 Å². The lowest BCUT2D eigenvalue weighted by Crippen LogP contribution is -2.55. The van der Waals surface area contributed by atoms with E-state index in [1.807, 2.05) is 0 Å². The molecule has 5 rings (SSSR count). The SMILES string of the molecule is CCOC(=O)c1ccc2c(c1)N(Cc1ccc(C3(OC(=O)C(F)(F)F)N(C)CC[N+]3C)cc1)C(=O)CN(C(=O)c1ccc(Cl)cc1)C2. The standard InChI is InChI=1S/C33H32ClF3N4O6/c1-4-46-30(44)23-7-8-24-19-40(29(43)22-9-13-26(34)14-10-22)20-28(42)41(27(24)17-23)18-21-5-11-25(12-6-21)33(38(2)15-16-39(33)3)47-31(45)32(35,36)37/h5-14,17H,4,15-16,18-20H2,1-3H3/q+1. The molecule has 3 aromatic carbocycles. The topological polar surface area (TPSA) is 102 Å². The predicted molar refractivity (Wildman–Crippen MR) is 166 cm³/mol. The van der Waals surface area contributed by atoms with Gasteiger partial charge in [-0.25, -0.2) is 14.5 Å². The van der Waals surface area contributed by atoms with Crippen molar-refractivity contribution < 1.29 is 41.8 Å². The first-order chi connectivity index (χ1) is 22.2. The van der Waals surface area contributed by atoms with Crippen molar-refractivity contribution in [3.63, 3.8) is 0 Å². The number of ether oxygens (including phenoxy) is 2. The quantitative estimate of drug-likeness (QED) is 0.266. The first-order valence-corrected chi connectivity index (χ1v) is 15.1. The molecule has 10 nitrogen and oxygen atoms in total. The van der Waals surface area contributed by atoms with E-state index in [1.165, 1.54) is 19.6 Å². The van der Waals surface area contributed by atoms with Crippen molar-refractivity contribution in [2.45, 2.75) is 32.0 Å². The molecule has 0 N–H and O–H groups in total. The Hall–Kier alpha value is -4.46. The Morgan fingerprint density at radius 2 is 1.64 bits per heavy atom. The molecule has 3 aromatic rings. The summed E-state index contributed by atoms with van der Waals surface area (Å²) in [7, 11) is 3.12. The summed E-state index contributed by atoms with van der Waals surface area (Å²) in [5, 5.41) is 0.457. The molecule has 1 radical (unpaired) electrons. The molecule has 0 bridgehead atoms. The third-order valence-electron chi connectivity index (χ3n) is 8.20. The second-order valence-corrected chi connectivity index (χ2v) is 11.7. The van der Waals surface area contributed by atoms with E-state index in [0.717, 1.165) is 0 Å². The molecule has 2 aliphatic rings. The molecular formula is C33H32ClF3N4O6+. The lowest BCUT2D eigenvalue weighted by molar-refractivity contribution is -0.239. The Morgan fingerprint density at radius 1 is 0.979 bits per heavy atom. The molecule has 247 valence electrons. The van der Waals surface area contributed by atoms with E-state index >= 15 is 0 Å². The number of alkyl halides is 3. The second-order valence-electron chi connectivity index (χ2n) is 11.2. The Labute approximate surface area is 274 Å². The van der Waals surface area contributed by atoms with Crippen molar-refractivity contribution in [1.82, 2.24) is 14.7 Å². The number of likely N-dealkylation sites (N-methyl/N-ethyl adjacent to an activating group) is 2. The summed E-state index contributed by atoms with van der Waals surface area (Å²) in [6.07, 6.45) is -5.19. The Bertz CT molecular complexity index is 1670. The number of benzene rings is 3. The number of halogens is 4. The summed E-state index contributed by atoms with van der Waals surface area (Å²) >= 11 is 5.99. The van der Waals surface area contributed by atoms with Gasteiger partial charge < -0.3 is 19.3 Å². The molecule has 0 aliphatic carbocycles. The third kappa shape index (κ3) is 6.83. The minimum Gasteiger partial charge on any atom is -0.462 e. The molecule has 47 heavy (non-hydrogen) atoms. The molecule has 0 atom stereocenters. The molecule has 0 unspecified atom stereocenters. The van der Waals surface area contributed by atoms with Crippen LogP contribution >= 0.6 is 11.6 Å². The average molecular weight is 673 g/mol. The van der Waals surface area contributed by atoms with E-state index in [9.17, 15) is 32.3 Å². The number of fused-ring (bicyclic) bond motifs is 1. The van der Waals surface area contributed by atoms with Crippen LogP contribution in [-0.4, -0.2) is 80.1 Å². The Kier molecular flexibility index (Phi) is 9.62. The second kappa shape index (κ2) is 13.3. The first kappa shape index (κ1) is 33.9. The highest BCUT2D eigenvalue weighted by molar-refractivity contribution is 6.30. The van der Waals surface area contributed by atoms with Crippen LogP contribution in [-0.2, 0) is 38.0 Å². The van der Waals surface area contributed by atoms with Crippen molar-refractivity contribution in [1.29, 1.82) is 0 Å². The van der Waals surface area contributed by atoms with Gasteiger partial charge in [0.2, 0.25) is 5.91 Å². The zero-order chi connectivity index (χ0) is 34.1. The van der Waals surface area contributed by atoms with E-state index < -0.39 is 29.9 Å². The summed E-state index contributed by atoms with van der Waals surface area (Å²) in [6.45, 7) is 2.33. The van der Waals surface area contributed by atoms with E-state index in [2.05, 4.69) is 0 Å². The van der Waals surface area contributed by atoms with Gasteiger partial charge in [0.25, 0.3) is 5.91 Å². The Morgan fingerprint density at radius 3 is 2.23 bits per heavy atom. The van der Waals surface area contributed by atoms with Gasteiger partial charge in [0.05, 0.1) is 30.8 Å². The number of rotatable bonds is 7. The summed E-state index contributed by atoms with van der Waals surface area (Å²) in [4.78, 5) is 57.8. The zero-order valence-electron chi connectivity index (χ0n) is 25.8. The van der Waals surface area contributed by atoms with Crippen LogP contribution < -0.4 is 9.80 Å². The van der Waals surface area contributed by atoms with Crippen molar-refractivity contribution in [3.8, 4) is 0 Å². The van der Waals surface area contributed by atoms with Gasteiger partial charge >= 0.3 is 24.0 Å². The van der Waals surface area contributed by atoms with E-state index in [-0.39, 0.29) is 43.3 Å². The highest BCUT2D eigenvalue weighted by Gasteiger charge is 2.60.